The third-order valence-electron chi connectivity index (χ3n) is 3.26. The molecular formula is C12H11BrClNO2S3. The van der Waals surface area contributed by atoms with Gasteiger partial charge in [0.25, 0.3) is 10.0 Å². The average Bonchev–Trinajstić information content (AvgIpc) is 3.10. The standard InChI is InChI=1S/C12H11BrClNO2S3/c13-12-8(14)7-11(19-12)20(16,17)15-5-1-3-9(15)10-4-2-6-18-10/h2,4,6-7,9H,1,3,5H2. The highest BCUT2D eigenvalue weighted by molar-refractivity contribution is 9.11. The number of rotatable bonds is 3. The zero-order valence-corrected chi connectivity index (χ0v) is 15.0. The molecule has 20 heavy (non-hydrogen) atoms. The van der Waals surface area contributed by atoms with E-state index in [0.29, 0.717) is 19.6 Å². The highest BCUT2D eigenvalue weighted by atomic mass is 79.9. The Morgan fingerprint density at radius 3 is 2.85 bits per heavy atom. The van der Waals surface area contributed by atoms with Gasteiger partial charge in [0, 0.05) is 11.4 Å². The summed E-state index contributed by atoms with van der Waals surface area (Å²) in [6.45, 7) is 0.567. The second kappa shape index (κ2) is 5.70. The Hall–Kier alpha value is 0.0800. The second-order valence-corrected chi connectivity index (χ2v) is 10.4. The van der Waals surface area contributed by atoms with E-state index in [1.54, 1.807) is 15.6 Å². The van der Waals surface area contributed by atoms with E-state index in [9.17, 15) is 8.42 Å². The lowest BCUT2D eigenvalue weighted by atomic mass is 10.2. The van der Waals surface area contributed by atoms with Gasteiger partial charge in [-0.2, -0.15) is 4.31 Å². The topological polar surface area (TPSA) is 37.4 Å². The van der Waals surface area contributed by atoms with Crippen molar-refractivity contribution in [3.8, 4) is 0 Å². The number of hydrogen-bond donors (Lipinski definition) is 0. The van der Waals surface area contributed by atoms with Gasteiger partial charge in [0.15, 0.2) is 0 Å². The molecule has 0 aliphatic carbocycles. The molecule has 108 valence electrons. The van der Waals surface area contributed by atoms with Gasteiger partial charge in [-0.05, 0) is 46.3 Å². The van der Waals surface area contributed by atoms with Crippen molar-refractivity contribution in [2.75, 3.05) is 6.54 Å². The van der Waals surface area contributed by atoms with Crippen LogP contribution in [0.5, 0.6) is 0 Å². The molecule has 1 aliphatic rings. The van der Waals surface area contributed by atoms with Gasteiger partial charge in [-0.15, -0.1) is 22.7 Å². The Morgan fingerprint density at radius 2 is 2.25 bits per heavy atom. The maximum absolute atomic E-state index is 12.8. The fourth-order valence-corrected chi connectivity index (χ4v) is 7.51. The molecule has 0 bridgehead atoms. The van der Waals surface area contributed by atoms with Gasteiger partial charge in [0.1, 0.15) is 4.21 Å². The minimum absolute atomic E-state index is 0.0420. The van der Waals surface area contributed by atoms with Crippen LogP contribution in [0.15, 0.2) is 31.6 Å². The van der Waals surface area contributed by atoms with Crippen molar-refractivity contribution in [3.05, 3.63) is 37.3 Å². The molecule has 0 radical (unpaired) electrons. The van der Waals surface area contributed by atoms with Crippen molar-refractivity contribution in [2.45, 2.75) is 23.1 Å². The molecule has 0 saturated carbocycles. The Labute approximate surface area is 139 Å². The predicted octanol–water partition coefficient (Wildman–Crippen LogP) is 4.75. The van der Waals surface area contributed by atoms with Crippen LogP contribution in [0.4, 0.5) is 0 Å². The van der Waals surface area contributed by atoms with E-state index in [1.807, 2.05) is 17.5 Å². The molecule has 2 aromatic heterocycles. The van der Waals surface area contributed by atoms with E-state index in [1.165, 1.54) is 17.4 Å². The molecule has 0 amide bonds. The summed E-state index contributed by atoms with van der Waals surface area (Å²) in [7, 11) is -3.47. The smallest absolute Gasteiger partial charge is 0.206 e. The minimum atomic E-state index is -3.47. The van der Waals surface area contributed by atoms with Crippen molar-refractivity contribution in [2.24, 2.45) is 0 Å². The van der Waals surface area contributed by atoms with Gasteiger partial charge in [0.05, 0.1) is 14.9 Å². The summed E-state index contributed by atoms with van der Waals surface area (Å²) >= 11 is 12.0. The van der Waals surface area contributed by atoms with Crippen LogP contribution in [0.1, 0.15) is 23.8 Å². The Bertz CT molecular complexity index is 692. The molecular weight excluding hydrogens is 402 g/mol. The van der Waals surface area contributed by atoms with Crippen molar-refractivity contribution in [1.29, 1.82) is 0 Å². The SMILES string of the molecule is O=S(=O)(c1cc(Cl)c(Br)s1)N1CCCC1c1cccs1. The molecule has 3 rings (SSSR count). The quantitative estimate of drug-likeness (QED) is 0.729. The van der Waals surface area contributed by atoms with Crippen LogP contribution in [0, 0.1) is 0 Å². The fraction of sp³-hybridized carbons (Fsp3) is 0.333. The zero-order chi connectivity index (χ0) is 14.3. The lowest BCUT2D eigenvalue weighted by Gasteiger charge is -2.22. The van der Waals surface area contributed by atoms with Gasteiger partial charge in [-0.1, -0.05) is 17.7 Å². The van der Waals surface area contributed by atoms with Gasteiger partial charge in [-0.25, -0.2) is 8.42 Å². The van der Waals surface area contributed by atoms with E-state index in [2.05, 4.69) is 15.9 Å². The van der Waals surface area contributed by atoms with Crippen LogP contribution >= 0.6 is 50.2 Å². The van der Waals surface area contributed by atoms with E-state index >= 15 is 0 Å². The third kappa shape index (κ3) is 2.60. The van der Waals surface area contributed by atoms with Crippen LogP contribution in [0.25, 0.3) is 0 Å². The molecule has 0 aromatic carbocycles. The molecule has 1 aliphatic heterocycles. The van der Waals surface area contributed by atoms with E-state index < -0.39 is 10.0 Å². The number of sulfonamides is 1. The summed E-state index contributed by atoms with van der Waals surface area (Å²) in [6, 6.07) is 5.44. The molecule has 0 spiro atoms. The second-order valence-electron chi connectivity index (χ2n) is 4.48. The molecule has 0 N–H and O–H groups in total. The highest BCUT2D eigenvalue weighted by Crippen LogP contribution is 2.42. The summed E-state index contributed by atoms with van der Waals surface area (Å²) in [6.07, 6.45) is 1.77. The first-order valence-electron chi connectivity index (χ1n) is 6.00. The highest BCUT2D eigenvalue weighted by Gasteiger charge is 2.37. The van der Waals surface area contributed by atoms with E-state index in [-0.39, 0.29) is 6.04 Å². The predicted molar refractivity (Wildman–Crippen MR) is 87.2 cm³/mol. The lowest BCUT2D eigenvalue weighted by molar-refractivity contribution is 0.402. The molecule has 1 unspecified atom stereocenters. The lowest BCUT2D eigenvalue weighted by Crippen LogP contribution is -2.29. The normalized spacial score (nSPS) is 20.6. The number of nitrogens with zero attached hydrogens (tertiary/aromatic N) is 1. The fourth-order valence-electron chi connectivity index (χ4n) is 2.36. The van der Waals surface area contributed by atoms with Crippen LogP contribution in [0.2, 0.25) is 5.02 Å². The Balaban J connectivity index is 1.98. The first kappa shape index (κ1) is 15.0. The van der Waals surface area contributed by atoms with Crippen LogP contribution in [-0.2, 0) is 10.0 Å². The summed E-state index contributed by atoms with van der Waals surface area (Å²) < 4.78 is 28.1. The molecule has 1 fully saturated rings. The van der Waals surface area contributed by atoms with Gasteiger partial charge in [0.2, 0.25) is 0 Å². The monoisotopic (exact) mass is 411 g/mol. The molecule has 1 saturated heterocycles. The van der Waals surface area contributed by atoms with Crippen LogP contribution < -0.4 is 0 Å². The first-order chi connectivity index (χ1) is 9.50. The molecule has 1 atom stereocenters. The largest absolute Gasteiger partial charge is 0.253 e. The Kier molecular flexibility index (Phi) is 4.27. The van der Waals surface area contributed by atoms with E-state index in [0.717, 1.165) is 17.7 Å². The summed E-state index contributed by atoms with van der Waals surface area (Å²) in [5.74, 6) is 0. The summed E-state index contributed by atoms with van der Waals surface area (Å²) in [5.41, 5.74) is 0. The van der Waals surface area contributed by atoms with Crippen molar-refractivity contribution in [1.82, 2.24) is 4.31 Å². The molecule has 2 aromatic rings. The molecule has 8 heteroatoms. The number of halogens is 2. The van der Waals surface area contributed by atoms with Crippen LogP contribution in [-0.4, -0.2) is 19.3 Å². The number of thiophene rings is 2. The summed E-state index contributed by atoms with van der Waals surface area (Å²) in [4.78, 5) is 1.10. The number of hydrogen-bond acceptors (Lipinski definition) is 4. The van der Waals surface area contributed by atoms with Gasteiger partial charge < -0.3 is 0 Å². The average molecular weight is 413 g/mol. The maximum atomic E-state index is 12.8. The maximum Gasteiger partial charge on any atom is 0.253 e. The summed E-state index contributed by atoms with van der Waals surface area (Å²) in [5, 5.41) is 2.43. The van der Waals surface area contributed by atoms with Gasteiger partial charge in [-0.3, -0.25) is 0 Å². The Morgan fingerprint density at radius 1 is 1.45 bits per heavy atom. The third-order valence-corrected chi connectivity index (χ3v) is 9.07. The minimum Gasteiger partial charge on any atom is -0.206 e. The van der Waals surface area contributed by atoms with E-state index in [4.69, 9.17) is 11.6 Å². The van der Waals surface area contributed by atoms with Crippen molar-refractivity contribution < 1.29 is 8.42 Å². The van der Waals surface area contributed by atoms with Crippen LogP contribution in [0.3, 0.4) is 0 Å². The molecule has 3 heterocycles. The first-order valence-corrected chi connectivity index (χ1v) is 10.3. The van der Waals surface area contributed by atoms with Gasteiger partial charge >= 0.3 is 0 Å². The zero-order valence-electron chi connectivity index (χ0n) is 10.3. The van der Waals surface area contributed by atoms with Crippen molar-refractivity contribution >= 4 is 60.2 Å². The van der Waals surface area contributed by atoms with Crippen molar-refractivity contribution in [3.63, 3.8) is 0 Å². The molecule has 3 nitrogen and oxygen atoms in total.